The molecule has 1 aliphatic rings. The highest BCUT2D eigenvalue weighted by Crippen LogP contribution is 2.28. The molecule has 1 fully saturated rings. The second-order valence-electron chi connectivity index (χ2n) is 6.38. The molecule has 0 saturated heterocycles. The minimum absolute atomic E-state index is 0.0509. The number of aliphatic hydroxyl groups excluding tert-OH is 1. The number of oxazole rings is 1. The van der Waals surface area contributed by atoms with Crippen LogP contribution in [0.25, 0.3) is 10.8 Å². The Labute approximate surface area is 146 Å². The highest BCUT2D eigenvalue weighted by Gasteiger charge is 2.25. The molecule has 0 bridgehead atoms. The molecule has 1 unspecified atom stereocenters. The minimum atomic E-state index is -0.0509. The number of amides is 1. The van der Waals surface area contributed by atoms with Crippen molar-refractivity contribution in [2.24, 2.45) is 5.92 Å². The van der Waals surface area contributed by atoms with Gasteiger partial charge in [0.25, 0.3) is 0 Å². The fourth-order valence-corrected chi connectivity index (χ4v) is 4.08. The van der Waals surface area contributed by atoms with Crippen LogP contribution in [0.15, 0.2) is 28.2 Å². The van der Waals surface area contributed by atoms with Gasteiger partial charge < -0.3 is 14.8 Å². The number of carbonyl (C=O) groups is 1. The van der Waals surface area contributed by atoms with Crippen molar-refractivity contribution < 1.29 is 14.3 Å². The van der Waals surface area contributed by atoms with E-state index in [4.69, 9.17) is 4.42 Å². The summed E-state index contributed by atoms with van der Waals surface area (Å²) in [5, 5.41) is 14.4. The molecule has 5 nitrogen and oxygen atoms in total. The molecule has 6 heteroatoms. The molecule has 2 heterocycles. The summed E-state index contributed by atoms with van der Waals surface area (Å²) in [6.07, 6.45) is 8.37. The Morgan fingerprint density at radius 1 is 1.42 bits per heavy atom. The molecule has 0 aromatic carbocycles. The number of aromatic nitrogens is 1. The van der Waals surface area contributed by atoms with Crippen molar-refractivity contribution in [2.45, 2.75) is 51.0 Å². The lowest BCUT2D eigenvalue weighted by Gasteiger charge is -2.30. The highest BCUT2D eigenvalue weighted by atomic mass is 32.1. The Morgan fingerprint density at radius 3 is 2.96 bits per heavy atom. The predicted molar refractivity (Wildman–Crippen MR) is 93.7 cm³/mol. The average molecular weight is 348 g/mol. The quantitative estimate of drug-likeness (QED) is 0.804. The van der Waals surface area contributed by atoms with Crippen LogP contribution in [0.5, 0.6) is 0 Å². The topological polar surface area (TPSA) is 75.4 Å². The van der Waals surface area contributed by atoms with Gasteiger partial charge in [-0.1, -0.05) is 25.3 Å². The van der Waals surface area contributed by atoms with Gasteiger partial charge in [0.2, 0.25) is 11.8 Å². The fourth-order valence-electron chi connectivity index (χ4n) is 3.43. The van der Waals surface area contributed by atoms with Crippen LogP contribution in [0, 0.1) is 5.92 Å². The minimum Gasteiger partial charge on any atom is -0.444 e. The van der Waals surface area contributed by atoms with E-state index in [-0.39, 0.29) is 25.0 Å². The molecule has 2 N–H and O–H groups in total. The van der Waals surface area contributed by atoms with Gasteiger partial charge in [-0.25, -0.2) is 4.98 Å². The van der Waals surface area contributed by atoms with E-state index in [0.717, 1.165) is 17.7 Å². The van der Waals surface area contributed by atoms with E-state index < -0.39 is 0 Å². The first-order valence-corrected chi connectivity index (χ1v) is 9.52. The summed E-state index contributed by atoms with van der Waals surface area (Å²) >= 11 is 1.56. The third-order valence-corrected chi connectivity index (χ3v) is 5.49. The van der Waals surface area contributed by atoms with Gasteiger partial charge in [0.1, 0.15) is 6.26 Å². The molecule has 1 atom stereocenters. The van der Waals surface area contributed by atoms with Crippen LogP contribution in [0.1, 0.15) is 44.2 Å². The van der Waals surface area contributed by atoms with Gasteiger partial charge in [-0.2, -0.15) is 0 Å². The summed E-state index contributed by atoms with van der Waals surface area (Å²) < 4.78 is 5.46. The first-order chi connectivity index (χ1) is 11.8. The van der Waals surface area contributed by atoms with Crippen LogP contribution in [-0.4, -0.2) is 28.6 Å². The van der Waals surface area contributed by atoms with Crippen molar-refractivity contribution in [1.29, 1.82) is 0 Å². The van der Waals surface area contributed by atoms with Crippen molar-refractivity contribution in [1.82, 2.24) is 10.3 Å². The number of nitrogens with zero attached hydrogens (tertiary/aromatic N) is 1. The molecule has 0 aliphatic heterocycles. The zero-order valence-electron chi connectivity index (χ0n) is 13.7. The molecule has 1 amide bonds. The molecule has 0 spiro atoms. The first kappa shape index (κ1) is 17.2. The third kappa shape index (κ3) is 4.45. The van der Waals surface area contributed by atoms with E-state index in [0.29, 0.717) is 23.9 Å². The van der Waals surface area contributed by atoms with Crippen molar-refractivity contribution in [3.8, 4) is 10.8 Å². The molecule has 1 saturated carbocycles. The second kappa shape index (κ2) is 8.44. The number of rotatable bonds is 7. The van der Waals surface area contributed by atoms with Crippen LogP contribution in [-0.2, 0) is 11.2 Å². The molecule has 24 heavy (non-hydrogen) atoms. The fraction of sp³-hybridized carbons (Fsp3) is 0.556. The molecule has 0 radical (unpaired) electrons. The van der Waals surface area contributed by atoms with Gasteiger partial charge >= 0.3 is 0 Å². The number of aliphatic hydroxyl groups is 1. The summed E-state index contributed by atoms with van der Waals surface area (Å²) in [5.74, 6) is 0.992. The van der Waals surface area contributed by atoms with Crippen molar-refractivity contribution in [3.05, 3.63) is 29.5 Å². The lowest BCUT2D eigenvalue weighted by Crippen LogP contribution is -2.42. The molecular weight excluding hydrogens is 324 g/mol. The SMILES string of the molecule is O=C(Cc1coc(-c2cccs2)n1)NC(CCO)C1CCCCC1. The van der Waals surface area contributed by atoms with Crippen LogP contribution >= 0.6 is 11.3 Å². The Hall–Kier alpha value is -1.66. The smallest absolute Gasteiger partial charge is 0.236 e. The molecule has 3 rings (SSSR count). The Balaban J connectivity index is 1.57. The van der Waals surface area contributed by atoms with E-state index >= 15 is 0 Å². The largest absolute Gasteiger partial charge is 0.444 e. The first-order valence-electron chi connectivity index (χ1n) is 8.65. The summed E-state index contributed by atoms with van der Waals surface area (Å²) in [7, 11) is 0. The Kier molecular flexibility index (Phi) is 6.04. The lowest BCUT2D eigenvalue weighted by atomic mass is 9.82. The van der Waals surface area contributed by atoms with Gasteiger partial charge in [0.15, 0.2) is 0 Å². The number of carbonyl (C=O) groups excluding carboxylic acids is 1. The van der Waals surface area contributed by atoms with Crippen molar-refractivity contribution >= 4 is 17.2 Å². The van der Waals surface area contributed by atoms with E-state index in [2.05, 4.69) is 10.3 Å². The van der Waals surface area contributed by atoms with E-state index in [1.165, 1.54) is 19.3 Å². The number of hydrogen-bond acceptors (Lipinski definition) is 5. The zero-order valence-corrected chi connectivity index (χ0v) is 14.6. The summed E-state index contributed by atoms with van der Waals surface area (Å²) in [6, 6.07) is 3.95. The van der Waals surface area contributed by atoms with E-state index in [1.807, 2.05) is 17.5 Å². The summed E-state index contributed by atoms with van der Waals surface area (Å²) in [4.78, 5) is 17.7. The molecule has 130 valence electrons. The Morgan fingerprint density at radius 2 is 2.25 bits per heavy atom. The van der Waals surface area contributed by atoms with Gasteiger partial charge in [0.05, 0.1) is 17.0 Å². The number of hydrogen-bond donors (Lipinski definition) is 2. The number of nitrogens with one attached hydrogen (secondary N) is 1. The van der Waals surface area contributed by atoms with Gasteiger partial charge in [-0.05, 0) is 36.6 Å². The van der Waals surface area contributed by atoms with Crippen LogP contribution in [0.4, 0.5) is 0 Å². The van der Waals surface area contributed by atoms with E-state index in [9.17, 15) is 9.90 Å². The molecule has 2 aromatic heterocycles. The van der Waals surface area contributed by atoms with Gasteiger partial charge in [-0.3, -0.25) is 4.79 Å². The average Bonchev–Trinajstić information content (AvgIpc) is 3.26. The maximum Gasteiger partial charge on any atom is 0.236 e. The summed E-state index contributed by atoms with van der Waals surface area (Å²) in [5.41, 5.74) is 0.641. The standard InChI is InChI=1S/C18H24N2O3S/c21-9-8-15(13-5-2-1-3-6-13)20-17(22)11-14-12-23-18(19-14)16-7-4-10-24-16/h4,7,10,12-13,15,21H,1-3,5-6,8-9,11H2,(H,20,22). The molecule has 2 aromatic rings. The lowest BCUT2D eigenvalue weighted by molar-refractivity contribution is -0.121. The van der Waals surface area contributed by atoms with E-state index in [1.54, 1.807) is 17.6 Å². The van der Waals surface area contributed by atoms with Gasteiger partial charge in [-0.15, -0.1) is 11.3 Å². The molecular formula is C18H24N2O3S. The third-order valence-electron chi connectivity index (χ3n) is 4.63. The number of thiophene rings is 1. The maximum absolute atomic E-state index is 12.4. The highest BCUT2D eigenvalue weighted by molar-refractivity contribution is 7.13. The van der Waals surface area contributed by atoms with Gasteiger partial charge in [0, 0.05) is 12.6 Å². The van der Waals surface area contributed by atoms with Crippen molar-refractivity contribution in [3.63, 3.8) is 0 Å². The molecule has 1 aliphatic carbocycles. The maximum atomic E-state index is 12.4. The normalized spacial score (nSPS) is 16.9. The van der Waals surface area contributed by atoms with Crippen molar-refractivity contribution in [2.75, 3.05) is 6.61 Å². The Bertz CT molecular complexity index is 632. The summed E-state index contributed by atoms with van der Waals surface area (Å²) in [6.45, 7) is 0.105. The van der Waals surface area contributed by atoms with Crippen LogP contribution in [0.3, 0.4) is 0 Å². The second-order valence-corrected chi connectivity index (χ2v) is 7.33. The van der Waals surface area contributed by atoms with Crippen LogP contribution < -0.4 is 5.32 Å². The zero-order chi connectivity index (χ0) is 16.8. The monoisotopic (exact) mass is 348 g/mol. The predicted octanol–water partition coefficient (Wildman–Crippen LogP) is 3.39. The van der Waals surface area contributed by atoms with Crippen LogP contribution in [0.2, 0.25) is 0 Å².